The fraction of sp³-hybridized carbons (Fsp3) is 0.286. The molecule has 11 heavy (non-hydrogen) atoms. The Morgan fingerprint density at radius 3 is 2.45 bits per heavy atom. The first-order chi connectivity index (χ1) is 5.07. The van der Waals surface area contributed by atoms with Gasteiger partial charge in [-0.05, 0) is 6.08 Å². The molecule has 1 aliphatic carbocycles. The van der Waals surface area contributed by atoms with Gasteiger partial charge in [0, 0.05) is 0 Å². The molecule has 0 aromatic carbocycles. The third-order valence-electron chi connectivity index (χ3n) is 1.55. The van der Waals surface area contributed by atoms with E-state index in [4.69, 9.17) is 10.2 Å². The number of carboxylic acid groups (broad SMARTS) is 1. The van der Waals surface area contributed by atoms with Gasteiger partial charge in [0.1, 0.15) is 6.10 Å². The second-order valence-electron chi connectivity index (χ2n) is 2.32. The molecule has 1 unspecified atom stereocenters. The van der Waals surface area contributed by atoms with Crippen LogP contribution in [0.5, 0.6) is 0 Å². The topological polar surface area (TPSA) is 77.8 Å². The number of carbonyl (C=O) groups is 1. The van der Waals surface area contributed by atoms with Crippen molar-refractivity contribution in [3.05, 3.63) is 24.3 Å². The van der Waals surface area contributed by atoms with E-state index in [1.54, 1.807) is 0 Å². The standard InChI is InChI=1S/C7H8O4/c8-5-3-1-2-4-7(5,11)6(9)10/h1-5,8,11H,(H,9,10)/t5?,7-/m0/s1. The lowest BCUT2D eigenvalue weighted by Crippen LogP contribution is -2.47. The number of aliphatic hydroxyl groups excluding tert-OH is 1. The van der Waals surface area contributed by atoms with E-state index in [1.165, 1.54) is 18.2 Å². The van der Waals surface area contributed by atoms with Crippen LogP contribution in [0.1, 0.15) is 0 Å². The summed E-state index contributed by atoms with van der Waals surface area (Å²) in [4.78, 5) is 10.4. The molecule has 0 aliphatic heterocycles. The molecule has 0 saturated heterocycles. The van der Waals surface area contributed by atoms with Gasteiger partial charge in [0.15, 0.2) is 0 Å². The average Bonchev–Trinajstić information content (AvgIpc) is 1.95. The molecule has 0 bridgehead atoms. The maximum atomic E-state index is 10.4. The van der Waals surface area contributed by atoms with Gasteiger partial charge in [-0.2, -0.15) is 0 Å². The largest absolute Gasteiger partial charge is 0.479 e. The monoisotopic (exact) mass is 156 g/mol. The Balaban J connectivity index is 2.94. The molecule has 0 amide bonds. The normalized spacial score (nSPS) is 35.6. The Bertz CT molecular complexity index is 231. The van der Waals surface area contributed by atoms with Gasteiger partial charge in [-0.3, -0.25) is 0 Å². The van der Waals surface area contributed by atoms with Crippen LogP contribution >= 0.6 is 0 Å². The van der Waals surface area contributed by atoms with Crippen LogP contribution in [0, 0.1) is 0 Å². The summed E-state index contributed by atoms with van der Waals surface area (Å²) in [5.74, 6) is -1.45. The van der Waals surface area contributed by atoms with Gasteiger partial charge in [0.25, 0.3) is 0 Å². The molecule has 0 spiro atoms. The zero-order valence-corrected chi connectivity index (χ0v) is 5.64. The molecule has 3 N–H and O–H groups in total. The predicted octanol–water partition coefficient (Wildman–Crippen LogP) is -0.711. The molecular weight excluding hydrogens is 148 g/mol. The molecule has 4 nitrogen and oxygen atoms in total. The maximum Gasteiger partial charge on any atom is 0.342 e. The van der Waals surface area contributed by atoms with Gasteiger partial charge in [-0.25, -0.2) is 4.79 Å². The second-order valence-corrected chi connectivity index (χ2v) is 2.32. The Hall–Kier alpha value is -1.13. The van der Waals surface area contributed by atoms with E-state index in [9.17, 15) is 9.90 Å². The van der Waals surface area contributed by atoms with Crippen molar-refractivity contribution in [1.29, 1.82) is 0 Å². The van der Waals surface area contributed by atoms with Crippen molar-refractivity contribution < 1.29 is 20.1 Å². The van der Waals surface area contributed by atoms with Gasteiger partial charge in [-0.15, -0.1) is 0 Å². The van der Waals surface area contributed by atoms with Crippen molar-refractivity contribution in [3.8, 4) is 0 Å². The van der Waals surface area contributed by atoms with Crippen molar-refractivity contribution in [2.75, 3.05) is 0 Å². The van der Waals surface area contributed by atoms with E-state index < -0.39 is 17.7 Å². The number of hydrogen-bond donors (Lipinski definition) is 3. The zero-order chi connectivity index (χ0) is 8.48. The Morgan fingerprint density at radius 2 is 2.09 bits per heavy atom. The molecular formula is C7H8O4. The molecule has 0 heterocycles. The van der Waals surface area contributed by atoms with Crippen molar-refractivity contribution in [1.82, 2.24) is 0 Å². The van der Waals surface area contributed by atoms with Gasteiger partial charge in [0.05, 0.1) is 0 Å². The van der Waals surface area contributed by atoms with Crippen LogP contribution in [0.15, 0.2) is 24.3 Å². The highest BCUT2D eigenvalue weighted by molar-refractivity contribution is 5.81. The Morgan fingerprint density at radius 1 is 1.45 bits per heavy atom. The molecule has 1 aliphatic rings. The number of allylic oxidation sites excluding steroid dienone is 2. The minimum Gasteiger partial charge on any atom is -0.479 e. The summed E-state index contributed by atoms with van der Waals surface area (Å²) in [6, 6.07) is 0. The summed E-state index contributed by atoms with van der Waals surface area (Å²) in [6.45, 7) is 0. The highest BCUT2D eigenvalue weighted by atomic mass is 16.4. The first kappa shape index (κ1) is 7.97. The quantitative estimate of drug-likeness (QED) is 0.468. The Kier molecular flexibility index (Phi) is 1.80. The van der Waals surface area contributed by atoms with Crippen molar-refractivity contribution >= 4 is 5.97 Å². The first-order valence-electron chi connectivity index (χ1n) is 3.07. The van der Waals surface area contributed by atoms with Crippen molar-refractivity contribution in [2.24, 2.45) is 0 Å². The highest BCUT2D eigenvalue weighted by Gasteiger charge is 2.40. The van der Waals surface area contributed by atoms with E-state index in [0.29, 0.717) is 0 Å². The third-order valence-corrected chi connectivity index (χ3v) is 1.55. The van der Waals surface area contributed by atoms with E-state index in [1.807, 2.05) is 0 Å². The molecule has 2 atom stereocenters. The zero-order valence-electron chi connectivity index (χ0n) is 5.64. The van der Waals surface area contributed by atoms with Crippen molar-refractivity contribution in [3.63, 3.8) is 0 Å². The summed E-state index contributed by atoms with van der Waals surface area (Å²) < 4.78 is 0. The number of hydrogen-bond acceptors (Lipinski definition) is 3. The number of rotatable bonds is 1. The van der Waals surface area contributed by atoms with Gasteiger partial charge in [0.2, 0.25) is 5.60 Å². The molecule has 1 rings (SSSR count). The molecule has 4 heteroatoms. The number of aliphatic hydroxyl groups is 2. The third kappa shape index (κ3) is 1.18. The summed E-state index contributed by atoms with van der Waals surface area (Å²) in [5, 5.41) is 26.7. The molecule has 0 aromatic heterocycles. The van der Waals surface area contributed by atoms with Gasteiger partial charge >= 0.3 is 5.97 Å². The minimum atomic E-state index is -2.16. The lowest BCUT2D eigenvalue weighted by atomic mass is 9.93. The van der Waals surface area contributed by atoms with Crippen LogP contribution in [0.2, 0.25) is 0 Å². The van der Waals surface area contributed by atoms with E-state index in [2.05, 4.69) is 0 Å². The maximum absolute atomic E-state index is 10.4. The fourth-order valence-electron chi connectivity index (χ4n) is 0.815. The highest BCUT2D eigenvalue weighted by Crippen LogP contribution is 2.17. The van der Waals surface area contributed by atoms with Gasteiger partial charge in [-0.1, -0.05) is 18.2 Å². The van der Waals surface area contributed by atoms with Crippen LogP contribution in [0.25, 0.3) is 0 Å². The number of carboxylic acids is 1. The lowest BCUT2D eigenvalue weighted by Gasteiger charge is -2.24. The molecule has 0 radical (unpaired) electrons. The van der Waals surface area contributed by atoms with Crippen LogP contribution in [0.3, 0.4) is 0 Å². The smallest absolute Gasteiger partial charge is 0.342 e. The van der Waals surface area contributed by atoms with E-state index in [-0.39, 0.29) is 0 Å². The van der Waals surface area contributed by atoms with E-state index >= 15 is 0 Å². The van der Waals surface area contributed by atoms with Gasteiger partial charge < -0.3 is 15.3 Å². The molecule has 0 saturated carbocycles. The minimum absolute atomic E-state index is 1.04. The van der Waals surface area contributed by atoms with Crippen LogP contribution in [-0.2, 0) is 4.79 Å². The number of aliphatic carboxylic acids is 1. The Labute approximate surface area is 63.1 Å². The van der Waals surface area contributed by atoms with Crippen LogP contribution in [0.4, 0.5) is 0 Å². The first-order valence-corrected chi connectivity index (χ1v) is 3.07. The predicted molar refractivity (Wildman–Crippen MR) is 36.9 cm³/mol. The average molecular weight is 156 g/mol. The second kappa shape index (κ2) is 2.48. The van der Waals surface area contributed by atoms with Crippen molar-refractivity contribution in [2.45, 2.75) is 11.7 Å². The summed E-state index contributed by atoms with van der Waals surface area (Å²) in [5.41, 5.74) is -2.16. The summed E-state index contributed by atoms with van der Waals surface area (Å²) >= 11 is 0. The lowest BCUT2D eigenvalue weighted by molar-refractivity contribution is -0.160. The molecule has 60 valence electrons. The SMILES string of the molecule is O=C(O)[C@]1(O)C=CC=CC1O. The summed E-state index contributed by atoms with van der Waals surface area (Å²) in [6.07, 6.45) is 3.74. The molecule has 0 aromatic rings. The summed E-state index contributed by atoms with van der Waals surface area (Å²) in [7, 11) is 0. The fourth-order valence-corrected chi connectivity index (χ4v) is 0.815. The molecule has 0 fully saturated rings. The van der Waals surface area contributed by atoms with Crippen LogP contribution in [-0.4, -0.2) is 33.0 Å². The van der Waals surface area contributed by atoms with E-state index in [0.717, 1.165) is 6.08 Å². The van der Waals surface area contributed by atoms with Crippen LogP contribution < -0.4 is 0 Å².